The topological polar surface area (TPSA) is 59.2 Å². The molecule has 1 aromatic heterocycles. The van der Waals surface area contributed by atoms with Crippen LogP contribution in [0.4, 0.5) is 5.13 Å². The maximum absolute atomic E-state index is 11.8. The second-order valence-corrected chi connectivity index (χ2v) is 3.73. The van der Waals surface area contributed by atoms with Gasteiger partial charge in [-0.15, -0.1) is 11.3 Å². The number of benzene rings is 1. The van der Waals surface area contributed by atoms with Gasteiger partial charge in [-0.25, -0.2) is 15.8 Å². The Kier molecular flexibility index (Phi) is 2.75. The number of hydrogen-bond acceptors (Lipinski definition) is 4. The molecule has 0 spiro atoms. The normalized spacial score (nSPS) is 9.93. The van der Waals surface area contributed by atoms with Crippen LogP contribution < -0.4 is 10.9 Å². The molecule has 0 radical (unpaired) electrons. The first-order valence-electron chi connectivity index (χ1n) is 4.33. The highest BCUT2D eigenvalue weighted by Crippen LogP contribution is 2.16. The fourth-order valence-electron chi connectivity index (χ4n) is 1.14. The maximum Gasteiger partial charge on any atom is 0.274 e. The molecule has 0 bridgehead atoms. The first-order chi connectivity index (χ1) is 7.29. The van der Waals surface area contributed by atoms with E-state index in [0.29, 0.717) is 10.7 Å². The molecule has 2 rings (SSSR count). The Labute approximate surface area is 90.9 Å². The number of aromatic nitrogens is 1. The molecular weight excluding hydrogens is 210 g/mol. The summed E-state index contributed by atoms with van der Waals surface area (Å²) in [6.45, 7) is 0. The van der Waals surface area contributed by atoms with Gasteiger partial charge in [0.05, 0.1) is 0 Å². The van der Waals surface area contributed by atoms with E-state index in [1.165, 1.54) is 11.3 Å². The van der Waals surface area contributed by atoms with E-state index in [-0.39, 0.29) is 5.91 Å². The van der Waals surface area contributed by atoms with Crippen molar-refractivity contribution in [3.8, 4) is 0 Å². The van der Waals surface area contributed by atoms with Crippen molar-refractivity contribution >= 4 is 22.4 Å². The van der Waals surface area contributed by atoms with Crippen LogP contribution in [0.25, 0.3) is 0 Å². The number of thiazole rings is 1. The van der Waals surface area contributed by atoms with Crippen LogP contribution in [-0.4, -0.2) is 10.9 Å². The standard InChI is InChI=1S/C10H9N3OS/c11-13(10-12-6-7-15-10)9(14)8-4-2-1-3-5-8/h1-7H,11H2. The first-order valence-corrected chi connectivity index (χ1v) is 5.20. The van der Waals surface area contributed by atoms with Crippen molar-refractivity contribution in [2.45, 2.75) is 0 Å². The van der Waals surface area contributed by atoms with Crippen molar-refractivity contribution in [3.05, 3.63) is 47.5 Å². The lowest BCUT2D eigenvalue weighted by Gasteiger charge is -2.12. The lowest BCUT2D eigenvalue weighted by Crippen LogP contribution is -2.37. The van der Waals surface area contributed by atoms with Crippen molar-refractivity contribution in [2.75, 3.05) is 5.01 Å². The van der Waals surface area contributed by atoms with Crippen molar-refractivity contribution in [1.82, 2.24) is 4.98 Å². The van der Waals surface area contributed by atoms with E-state index in [4.69, 9.17) is 5.84 Å². The molecule has 0 saturated heterocycles. The number of rotatable bonds is 2. The molecule has 5 heteroatoms. The maximum atomic E-state index is 11.8. The fraction of sp³-hybridized carbons (Fsp3) is 0. The van der Waals surface area contributed by atoms with Crippen molar-refractivity contribution in [3.63, 3.8) is 0 Å². The summed E-state index contributed by atoms with van der Waals surface area (Å²) in [5, 5.41) is 3.32. The molecule has 0 aliphatic rings. The van der Waals surface area contributed by atoms with Gasteiger partial charge in [-0.3, -0.25) is 4.79 Å². The smallest absolute Gasteiger partial charge is 0.267 e. The van der Waals surface area contributed by atoms with Gasteiger partial charge in [0, 0.05) is 17.1 Å². The van der Waals surface area contributed by atoms with Gasteiger partial charge in [0.15, 0.2) is 0 Å². The summed E-state index contributed by atoms with van der Waals surface area (Å²) in [5.74, 6) is 5.39. The number of carbonyl (C=O) groups is 1. The lowest BCUT2D eigenvalue weighted by atomic mass is 10.2. The van der Waals surface area contributed by atoms with E-state index in [1.54, 1.807) is 35.8 Å². The van der Waals surface area contributed by atoms with Crippen molar-refractivity contribution < 1.29 is 4.79 Å². The molecule has 1 aromatic carbocycles. The van der Waals surface area contributed by atoms with Crippen LogP contribution >= 0.6 is 11.3 Å². The Balaban J connectivity index is 2.23. The molecular formula is C10H9N3OS. The molecule has 1 amide bonds. The van der Waals surface area contributed by atoms with E-state index in [9.17, 15) is 4.79 Å². The summed E-state index contributed by atoms with van der Waals surface area (Å²) in [7, 11) is 0. The van der Waals surface area contributed by atoms with Crippen LogP contribution in [0, 0.1) is 0 Å². The average molecular weight is 219 g/mol. The molecule has 4 nitrogen and oxygen atoms in total. The Hall–Kier alpha value is -1.72. The molecule has 2 aromatic rings. The molecule has 0 aliphatic heterocycles. The Morgan fingerprint density at radius 2 is 2.07 bits per heavy atom. The number of carbonyl (C=O) groups excluding carboxylic acids is 1. The average Bonchev–Trinajstić information content (AvgIpc) is 2.82. The largest absolute Gasteiger partial charge is 0.274 e. The van der Waals surface area contributed by atoms with Crippen LogP contribution in [0.15, 0.2) is 41.9 Å². The van der Waals surface area contributed by atoms with Crippen LogP contribution in [0.5, 0.6) is 0 Å². The molecule has 76 valence electrons. The molecule has 0 fully saturated rings. The Bertz CT molecular complexity index is 441. The third kappa shape index (κ3) is 2.03. The SMILES string of the molecule is NN(C(=O)c1ccccc1)c1nccs1. The van der Waals surface area contributed by atoms with Gasteiger partial charge < -0.3 is 0 Å². The Morgan fingerprint density at radius 3 is 2.67 bits per heavy atom. The summed E-state index contributed by atoms with van der Waals surface area (Å²) in [6.07, 6.45) is 1.61. The minimum absolute atomic E-state index is 0.259. The van der Waals surface area contributed by atoms with Gasteiger partial charge in [-0.2, -0.15) is 0 Å². The number of hydrazine groups is 1. The van der Waals surface area contributed by atoms with Gasteiger partial charge in [-0.1, -0.05) is 18.2 Å². The van der Waals surface area contributed by atoms with Gasteiger partial charge in [-0.05, 0) is 12.1 Å². The summed E-state index contributed by atoms with van der Waals surface area (Å²) >= 11 is 1.32. The summed E-state index contributed by atoms with van der Waals surface area (Å²) < 4.78 is 0. The van der Waals surface area contributed by atoms with E-state index in [1.807, 2.05) is 6.07 Å². The third-order valence-electron chi connectivity index (χ3n) is 1.86. The minimum Gasteiger partial charge on any atom is -0.267 e. The number of hydrogen-bond donors (Lipinski definition) is 1. The van der Waals surface area contributed by atoms with E-state index in [0.717, 1.165) is 5.01 Å². The molecule has 0 atom stereocenters. The van der Waals surface area contributed by atoms with Gasteiger partial charge in [0.25, 0.3) is 5.91 Å². The molecule has 0 saturated carbocycles. The highest BCUT2D eigenvalue weighted by molar-refractivity contribution is 7.13. The van der Waals surface area contributed by atoms with Gasteiger partial charge in [0.1, 0.15) is 0 Å². The van der Waals surface area contributed by atoms with E-state index in [2.05, 4.69) is 4.98 Å². The molecule has 2 N–H and O–H groups in total. The highest BCUT2D eigenvalue weighted by atomic mass is 32.1. The molecule has 15 heavy (non-hydrogen) atoms. The summed E-state index contributed by atoms with van der Waals surface area (Å²) in [6, 6.07) is 8.87. The fourth-order valence-corrected chi connectivity index (χ4v) is 1.70. The predicted molar refractivity (Wildman–Crippen MR) is 59.6 cm³/mol. The molecule has 0 aliphatic carbocycles. The Morgan fingerprint density at radius 1 is 1.33 bits per heavy atom. The zero-order valence-corrected chi connectivity index (χ0v) is 8.65. The first kappa shape index (κ1) is 9.82. The molecule has 1 heterocycles. The quantitative estimate of drug-likeness (QED) is 0.475. The third-order valence-corrected chi connectivity index (χ3v) is 2.64. The number of nitrogens with two attached hydrogens (primary N) is 1. The second kappa shape index (κ2) is 4.20. The van der Waals surface area contributed by atoms with Gasteiger partial charge in [0.2, 0.25) is 5.13 Å². The predicted octanol–water partition coefficient (Wildman–Crippen LogP) is 1.66. The van der Waals surface area contributed by atoms with Crippen LogP contribution in [0.1, 0.15) is 10.4 Å². The molecule has 0 unspecified atom stereocenters. The van der Waals surface area contributed by atoms with Crippen LogP contribution in [-0.2, 0) is 0 Å². The van der Waals surface area contributed by atoms with Gasteiger partial charge >= 0.3 is 0 Å². The van der Waals surface area contributed by atoms with E-state index >= 15 is 0 Å². The van der Waals surface area contributed by atoms with Crippen molar-refractivity contribution in [2.24, 2.45) is 5.84 Å². The zero-order chi connectivity index (χ0) is 10.7. The summed E-state index contributed by atoms with van der Waals surface area (Å²) in [4.78, 5) is 15.8. The number of amides is 1. The monoisotopic (exact) mass is 219 g/mol. The van der Waals surface area contributed by atoms with Crippen molar-refractivity contribution in [1.29, 1.82) is 0 Å². The van der Waals surface area contributed by atoms with Crippen LogP contribution in [0.3, 0.4) is 0 Å². The summed E-state index contributed by atoms with van der Waals surface area (Å²) in [5.41, 5.74) is 0.551. The van der Waals surface area contributed by atoms with Crippen LogP contribution in [0.2, 0.25) is 0 Å². The lowest BCUT2D eigenvalue weighted by molar-refractivity contribution is 0.0987. The number of nitrogens with zero attached hydrogens (tertiary/aromatic N) is 2. The number of anilines is 1. The highest BCUT2D eigenvalue weighted by Gasteiger charge is 2.15. The zero-order valence-electron chi connectivity index (χ0n) is 7.83. The minimum atomic E-state index is -0.259. The second-order valence-electron chi connectivity index (χ2n) is 2.86. The van der Waals surface area contributed by atoms with E-state index < -0.39 is 0 Å².